The van der Waals surface area contributed by atoms with Gasteiger partial charge in [0.05, 0.1) is 7.11 Å². The van der Waals surface area contributed by atoms with Crippen molar-refractivity contribution in [2.45, 2.75) is 0 Å². The number of piperazine rings is 1. The highest BCUT2D eigenvalue weighted by Gasteiger charge is 2.23. The van der Waals surface area contributed by atoms with E-state index in [0.29, 0.717) is 48.7 Å². The molecule has 1 aliphatic heterocycles. The second-order valence-electron chi connectivity index (χ2n) is 9.09. The zero-order valence-corrected chi connectivity index (χ0v) is 21.8. The van der Waals surface area contributed by atoms with Crippen LogP contribution >= 0.6 is 0 Å². The molecule has 202 valence electrons. The van der Waals surface area contributed by atoms with Crippen molar-refractivity contribution in [2.24, 2.45) is 0 Å². The van der Waals surface area contributed by atoms with Crippen molar-refractivity contribution in [1.29, 1.82) is 0 Å². The van der Waals surface area contributed by atoms with Gasteiger partial charge in [-0.25, -0.2) is 4.39 Å². The first-order valence-corrected chi connectivity index (χ1v) is 12.6. The second-order valence-corrected chi connectivity index (χ2v) is 9.09. The van der Waals surface area contributed by atoms with Crippen LogP contribution < -0.4 is 15.0 Å². The molecule has 0 atom stereocenters. The van der Waals surface area contributed by atoms with Gasteiger partial charge >= 0.3 is 0 Å². The van der Waals surface area contributed by atoms with Gasteiger partial charge in [0.15, 0.2) is 0 Å². The quantitative estimate of drug-likeness (QED) is 0.422. The number of nitrogens with zero attached hydrogens (tertiary/aromatic N) is 3. The number of ether oxygens (including phenoxy) is 1. The highest BCUT2D eigenvalue weighted by Crippen LogP contribution is 2.21. The Morgan fingerprint density at radius 2 is 1.67 bits per heavy atom. The van der Waals surface area contributed by atoms with Crippen molar-refractivity contribution in [3.63, 3.8) is 0 Å². The van der Waals surface area contributed by atoms with E-state index in [0.717, 1.165) is 5.69 Å². The second kappa shape index (κ2) is 12.7. The summed E-state index contributed by atoms with van der Waals surface area (Å²) in [5.74, 6) is -0.672. The first-order valence-electron chi connectivity index (χ1n) is 12.6. The molecule has 4 rings (SSSR count). The molecule has 1 N–H and O–H groups in total. The van der Waals surface area contributed by atoms with E-state index in [-0.39, 0.29) is 30.8 Å². The highest BCUT2D eigenvalue weighted by atomic mass is 19.1. The summed E-state index contributed by atoms with van der Waals surface area (Å²) in [6.07, 6.45) is 1.57. The van der Waals surface area contributed by atoms with Crippen LogP contribution in [0.1, 0.15) is 20.7 Å². The standard InChI is InChI=1S/C30H31FN4O4/c1-3-14-35(30(38)23-7-5-9-27(20-23)39-2)21-28(36)32-25-10-12-26(13-11-25)33-15-17-34(18-16-33)29(37)22-6-4-8-24(31)19-22/h3-13,19-20H,1,14-18,21H2,2H3,(H,32,36). The molecule has 0 saturated carbocycles. The molecule has 1 aliphatic rings. The van der Waals surface area contributed by atoms with E-state index < -0.39 is 5.82 Å². The SMILES string of the molecule is C=CCN(CC(=O)Nc1ccc(N2CCN(C(=O)c3cccc(F)c3)CC2)cc1)C(=O)c1cccc(OC)c1. The molecule has 1 fully saturated rings. The van der Waals surface area contributed by atoms with Crippen LogP contribution in [-0.4, -0.2) is 73.9 Å². The van der Waals surface area contributed by atoms with E-state index in [2.05, 4.69) is 16.8 Å². The minimum absolute atomic E-state index is 0.134. The van der Waals surface area contributed by atoms with E-state index in [1.165, 1.54) is 30.2 Å². The van der Waals surface area contributed by atoms with Gasteiger partial charge < -0.3 is 24.8 Å². The largest absolute Gasteiger partial charge is 0.497 e. The average Bonchev–Trinajstić information content (AvgIpc) is 2.96. The fourth-order valence-corrected chi connectivity index (χ4v) is 4.42. The number of halogens is 1. The molecule has 39 heavy (non-hydrogen) atoms. The minimum Gasteiger partial charge on any atom is -0.497 e. The van der Waals surface area contributed by atoms with E-state index in [1.807, 2.05) is 12.1 Å². The van der Waals surface area contributed by atoms with Crippen molar-refractivity contribution in [3.8, 4) is 5.75 Å². The number of hydrogen-bond acceptors (Lipinski definition) is 5. The Hall–Kier alpha value is -4.66. The zero-order valence-electron chi connectivity index (χ0n) is 21.8. The molecule has 3 aromatic carbocycles. The van der Waals surface area contributed by atoms with Crippen LogP contribution in [0.15, 0.2) is 85.5 Å². The average molecular weight is 531 g/mol. The van der Waals surface area contributed by atoms with Crippen LogP contribution in [0.2, 0.25) is 0 Å². The lowest BCUT2D eigenvalue weighted by Crippen LogP contribution is -2.48. The summed E-state index contributed by atoms with van der Waals surface area (Å²) in [5, 5.41) is 2.84. The first kappa shape index (κ1) is 27.4. The predicted molar refractivity (Wildman–Crippen MR) is 149 cm³/mol. The first-order chi connectivity index (χ1) is 18.9. The molecule has 0 spiro atoms. The number of anilines is 2. The number of amides is 3. The molecule has 0 aromatic heterocycles. The fourth-order valence-electron chi connectivity index (χ4n) is 4.42. The molecule has 9 heteroatoms. The Balaban J connectivity index is 1.31. The molecule has 3 aromatic rings. The molecule has 3 amide bonds. The van der Waals surface area contributed by atoms with Gasteiger partial charge in [0, 0.05) is 55.2 Å². The number of benzene rings is 3. The monoisotopic (exact) mass is 530 g/mol. The number of carbonyl (C=O) groups excluding carboxylic acids is 3. The van der Waals surface area contributed by atoms with Crippen LogP contribution in [0.5, 0.6) is 5.75 Å². The molecule has 8 nitrogen and oxygen atoms in total. The van der Waals surface area contributed by atoms with Crippen LogP contribution in [0.25, 0.3) is 0 Å². The number of methoxy groups -OCH3 is 1. The molecule has 0 radical (unpaired) electrons. The minimum atomic E-state index is -0.427. The molecular weight excluding hydrogens is 499 g/mol. The van der Waals surface area contributed by atoms with E-state index >= 15 is 0 Å². The van der Waals surface area contributed by atoms with Crippen molar-refractivity contribution in [3.05, 3.63) is 102 Å². The third-order valence-electron chi connectivity index (χ3n) is 6.44. The van der Waals surface area contributed by atoms with Gasteiger partial charge in [0.2, 0.25) is 5.91 Å². The fraction of sp³-hybridized carbons (Fsp3) is 0.233. The van der Waals surface area contributed by atoms with Crippen LogP contribution in [0.3, 0.4) is 0 Å². The van der Waals surface area contributed by atoms with Gasteiger partial charge in [-0.15, -0.1) is 6.58 Å². The number of rotatable bonds is 9. The van der Waals surface area contributed by atoms with Crippen molar-refractivity contribution < 1.29 is 23.5 Å². The highest BCUT2D eigenvalue weighted by molar-refractivity contribution is 5.99. The maximum Gasteiger partial charge on any atom is 0.254 e. The van der Waals surface area contributed by atoms with E-state index in [1.54, 1.807) is 53.4 Å². The molecule has 0 unspecified atom stereocenters. The third-order valence-corrected chi connectivity index (χ3v) is 6.44. The molecule has 1 heterocycles. The molecule has 0 aliphatic carbocycles. The van der Waals surface area contributed by atoms with E-state index in [9.17, 15) is 18.8 Å². The molecule has 1 saturated heterocycles. The predicted octanol–water partition coefficient (Wildman–Crippen LogP) is 4.06. The number of nitrogens with one attached hydrogen (secondary N) is 1. The topological polar surface area (TPSA) is 82.2 Å². The van der Waals surface area contributed by atoms with Crippen LogP contribution in [0.4, 0.5) is 15.8 Å². The lowest BCUT2D eigenvalue weighted by Gasteiger charge is -2.36. The summed E-state index contributed by atoms with van der Waals surface area (Å²) in [5.41, 5.74) is 2.34. The van der Waals surface area contributed by atoms with Gasteiger partial charge in [-0.3, -0.25) is 14.4 Å². The summed E-state index contributed by atoms with van der Waals surface area (Å²) in [7, 11) is 1.53. The van der Waals surface area contributed by atoms with Gasteiger partial charge in [0.1, 0.15) is 18.1 Å². The van der Waals surface area contributed by atoms with Crippen molar-refractivity contribution in [1.82, 2.24) is 9.80 Å². The summed E-state index contributed by atoms with van der Waals surface area (Å²) in [6.45, 7) is 6.10. The maximum atomic E-state index is 13.5. The summed E-state index contributed by atoms with van der Waals surface area (Å²) in [6, 6.07) is 19.9. The Kier molecular flexibility index (Phi) is 8.94. The Labute approximate surface area is 227 Å². The molecular formula is C30H31FN4O4. The van der Waals surface area contributed by atoms with E-state index in [4.69, 9.17) is 4.74 Å². The Morgan fingerprint density at radius 1 is 0.974 bits per heavy atom. The number of hydrogen-bond donors (Lipinski definition) is 1. The van der Waals surface area contributed by atoms with Gasteiger partial charge in [-0.1, -0.05) is 18.2 Å². The third kappa shape index (κ3) is 7.01. The zero-order chi connectivity index (χ0) is 27.8. The number of carbonyl (C=O) groups is 3. The normalized spacial score (nSPS) is 13.0. The molecule has 0 bridgehead atoms. The smallest absolute Gasteiger partial charge is 0.254 e. The summed E-state index contributed by atoms with van der Waals surface area (Å²) < 4.78 is 18.7. The van der Waals surface area contributed by atoms with Gasteiger partial charge in [-0.2, -0.15) is 0 Å². The maximum absolute atomic E-state index is 13.5. The summed E-state index contributed by atoms with van der Waals surface area (Å²) in [4.78, 5) is 43.7. The lowest BCUT2D eigenvalue weighted by molar-refractivity contribution is -0.116. The summed E-state index contributed by atoms with van der Waals surface area (Å²) >= 11 is 0. The van der Waals surface area contributed by atoms with Crippen molar-refractivity contribution >= 4 is 29.1 Å². The lowest BCUT2D eigenvalue weighted by atomic mass is 10.1. The van der Waals surface area contributed by atoms with Crippen molar-refractivity contribution in [2.75, 3.05) is 56.6 Å². The van der Waals surface area contributed by atoms with Gasteiger partial charge in [0.25, 0.3) is 11.8 Å². The van der Waals surface area contributed by atoms with Crippen LogP contribution in [0, 0.1) is 5.82 Å². The Morgan fingerprint density at radius 3 is 2.33 bits per heavy atom. The van der Waals surface area contributed by atoms with Crippen LogP contribution in [-0.2, 0) is 4.79 Å². The Bertz CT molecular complexity index is 1340. The van der Waals surface area contributed by atoms with Gasteiger partial charge in [-0.05, 0) is 60.7 Å².